The van der Waals surface area contributed by atoms with Crippen LogP contribution in [0.4, 0.5) is 0 Å². The summed E-state index contributed by atoms with van der Waals surface area (Å²) in [6, 6.07) is 0.742. The minimum Gasteiger partial charge on any atom is -0.395 e. The molecule has 1 saturated heterocycles. The van der Waals surface area contributed by atoms with Crippen LogP contribution >= 0.6 is 0 Å². The minimum absolute atomic E-state index is 0.238. The Balaban J connectivity index is 2.42. The number of likely N-dealkylation sites (tertiary alicyclic amines) is 1. The standard InChI is InChI=1S/C14H30N2O/c1-5-16-8-6-7-13(9-16)12(4)15-14(10-17)11(2)3/h11-15,17H,5-10H2,1-4H3. The Morgan fingerprint density at radius 1 is 1.35 bits per heavy atom. The molecule has 0 bridgehead atoms. The average molecular weight is 242 g/mol. The topological polar surface area (TPSA) is 35.5 Å². The van der Waals surface area contributed by atoms with Gasteiger partial charge in [0.15, 0.2) is 0 Å². The van der Waals surface area contributed by atoms with Gasteiger partial charge in [-0.1, -0.05) is 20.8 Å². The number of nitrogens with one attached hydrogen (secondary N) is 1. The molecular formula is C14H30N2O. The molecule has 3 atom stereocenters. The summed E-state index contributed by atoms with van der Waals surface area (Å²) in [7, 11) is 0. The van der Waals surface area contributed by atoms with Crippen LogP contribution in [0, 0.1) is 11.8 Å². The van der Waals surface area contributed by atoms with Crippen molar-refractivity contribution in [2.75, 3.05) is 26.2 Å². The van der Waals surface area contributed by atoms with Crippen molar-refractivity contribution in [3.05, 3.63) is 0 Å². The lowest BCUT2D eigenvalue weighted by atomic mass is 9.90. The van der Waals surface area contributed by atoms with E-state index in [2.05, 4.69) is 37.9 Å². The van der Waals surface area contributed by atoms with Gasteiger partial charge < -0.3 is 15.3 Å². The number of piperidine rings is 1. The summed E-state index contributed by atoms with van der Waals surface area (Å²) < 4.78 is 0. The van der Waals surface area contributed by atoms with Crippen LogP contribution in [0.5, 0.6) is 0 Å². The molecule has 0 saturated carbocycles. The van der Waals surface area contributed by atoms with E-state index in [0.29, 0.717) is 12.0 Å². The van der Waals surface area contributed by atoms with E-state index in [4.69, 9.17) is 0 Å². The normalized spacial score (nSPS) is 26.1. The zero-order valence-electron chi connectivity index (χ0n) is 11.9. The highest BCUT2D eigenvalue weighted by atomic mass is 16.3. The quantitative estimate of drug-likeness (QED) is 0.744. The second-order valence-corrected chi connectivity index (χ2v) is 5.78. The van der Waals surface area contributed by atoms with Gasteiger partial charge in [0.05, 0.1) is 6.61 Å². The van der Waals surface area contributed by atoms with Crippen molar-refractivity contribution in [3.8, 4) is 0 Å². The Kier molecular flexibility index (Phi) is 6.45. The number of aliphatic hydroxyl groups excluding tert-OH is 1. The average Bonchev–Trinajstić information content (AvgIpc) is 2.35. The molecule has 102 valence electrons. The molecule has 1 aliphatic heterocycles. The molecule has 1 fully saturated rings. The van der Waals surface area contributed by atoms with Crippen LogP contribution in [0.1, 0.15) is 40.5 Å². The van der Waals surface area contributed by atoms with Crippen molar-refractivity contribution in [1.82, 2.24) is 10.2 Å². The van der Waals surface area contributed by atoms with Crippen LogP contribution in [0.3, 0.4) is 0 Å². The molecule has 1 rings (SSSR count). The van der Waals surface area contributed by atoms with Crippen molar-refractivity contribution in [3.63, 3.8) is 0 Å². The Bertz CT molecular complexity index is 208. The molecule has 0 aromatic heterocycles. The Labute approximate surface area is 107 Å². The number of rotatable bonds is 6. The third kappa shape index (κ3) is 4.57. The molecular weight excluding hydrogens is 212 g/mol. The van der Waals surface area contributed by atoms with E-state index in [0.717, 1.165) is 12.5 Å². The summed E-state index contributed by atoms with van der Waals surface area (Å²) >= 11 is 0. The SMILES string of the molecule is CCN1CCCC(C(C)NC(CO)C(C)C)C1. The Hall–Kier alpha value is -0.120. The molecule has 1 heterocycles. The van der Waals surface area contributed by atoms with Gasteiger partial charge in [-0.3, -0.25) is 0 Å². The van der Waals surface area contributed by atoms with E-state index in [9.17, 15) is 5.11 Å². The largest absolute Gasteiger partial charge is 0.395 e. The predicted octanol–water partition coefficient (Wildman–Crippen LogP) is 1.71. The Morgan fingerprint density at radius 2 is 2.06 bits per heavy atom. The Morgan fingerprint density at radius 3 is 2.59 bits per heavy atom. The van der Waals surface area contributed by atoms with Gasteiger partial charge in [0.1, 0.15) is 0 Å². The maximum Gasteiger partial charge on any atom is 0.0587 e. The van der Waals surface area contributed by atoms with E-state index < -0.39 is 0 Å². The summed E-state index contributed by atoms with van der Waals surface area (Å²) in [6.07, 6.45) is 2.64. The van der Waals surface area contributed by atoms with Gasteiger partial charge in [0.2, 0.25) is 0 Å². The van der Waals surface area contributed by atoms with E-state index >= 15 is 0 Å². The van der Waals surface area contributed by atoms with E-state index in [-0.39, 0.29) is 12.6 Å². The first-order valence-electron chi connectivity index (χ1n) is 7.17. The smallest absolute Gasteiger partial charge is 0.0587 e. The molecule has 2 N–H and O–H groups in total. The van der Waals surface area contributed by atoms with Gasteiger partial charge in [-0.2, -0.15) is 0 Å². The van der Waals surface area contributed by atoms with E-state index in [1.807, 2.05) is 0 Å². The summed E-state index contributed by atoms with van der Waals surface area (Å²) in [6.45, 7) is 12.7. The molecule has 1 aliphatic rings. The van der Waals surface area contributed by atoms with Crippen molar-refractivity contribution < 1.29 is 5.11 Å². The number of aliphatic hydroxyl groups is 1. The highest BCUT2D eigenvalue weighted by Gasteiger charge is 2.25. The highest BCUT2D eigenvalue weighted by Crippen LogP contribution is 2.20. The van der Waals surface area contributed by atoms with Crippen LogP contribution < -0.4 is 5.32 Å². The summed E-state index contributed by atoms with van der Waals surface area (Å²) in [5.41, 5.74) is 0. The molecule has 3 heteroatoms. The maximum atomic E-state index is 9.37. The van der Waals surface area contributed by atoms with Crippen molar-refractivity contribution in [1.29, 1.82) is 0 Å². The molecule has 0 spiro atoms. The zero-order chi connectivity index (χ0) is 12.8. The van der Waals surface area contributed by atoms with Crippen LogP contribution in [0.25, 0.3) is 0 Å². The van der Waals surface area contributed by atoms with Crippen molar-refractivity contribution in [2.45, 2.75) is 52.6 Å². The summed E-state index contributed by atoms with van der Waals surface area (Å²) in [5, 5.41) is 13.0. The van der Waals surface area contributed by atoms with Gasteiger partial charge in [-0.25, -0.2) is 0 Å². The molecule has 0 radical (unpaired) electrons. The third-order valence-electron chi connectivity index (χ3n) is 4.17. The van der Waals surface area contributed by atoms with Gasteiger partial charge in [-0.15, -0.1) is 0 Å². The van der Waals surface area contributed by atoms with Crippen molar-refractivity contribution >= 4 is 0 Å². The highest BCUT2D eigenvalue weighted by molar-refractivity contribution is 4.83. The second kappa shape index (κ2) is 7.34. The predicted molar refractivity (Wildman–Crippen MR) is 73.1 cm³/mol. The zero-order valence-corrected chi connectivity index (χ0v) is 11.9. The van der Waals surface area contributed by atoms with Gasteiger partial charge in [0.25, 0.3) is 0 Å². The summed E-state index contributed by atoms with van der Waals surface area (Å²) in [5.74, 6) is 1.23. The lowest BCUT2D eigenvalue weighted by molar-refractivity contribution is 0.134. The first-order chi connectivity index (χ1) is 8.08. The maximum absolute atomic E-state index is 9.37. The monoisotopic (exact) mass is 242 g/mol. The van der Waals surface area contributed by atoms with Gasteiger partial charge in [-0.05, 0) is 44.7 Å². The molecule has 3 unspecified atom stereocenters. The molecule has 3 nitrogen and oxygen atoms in total. The third-order valence-corrected chi connectivity index (χ3v) is 4.17. The van der Waals surface area contributed by atoms with Crippen LogP contribution in [0.15, 0.2) is 0 Å². The minimum atomic E-state index is 0.238. The first kappa shape index (κ1) is 14.9. The fourth-order valence-electron chi connectivity index (χ4n) is 2.72. The molecule has 0 aromatic rings. The summed E-state index contributed by atoms with van der Waals surface area (Å²) in [4.78, 5) is 2.54. The van der Waals surface area contributed by atoms with Crippen LogP contribution in [0.2, 0.25) is 0 Å². The fourth-order valence-corrected chi connectivity index (χ4v) is 2.72. The lowest BCUT2D eigenvalue weighted by Gasteiger charge is -2.37. The van der Waals surface area contributed by atoms with Crippen molar-refractivity contribution in [2.24, 2.45) is 11.8 Å². The second-order valence-electron chi connectivity index (χ2n) is 5.78. The van der Waals surface area contributed by atoms with Crippen LogP contribution in [-0.4, -0.2) is 48.3 Å². The molecule has 17 heavy (non-hydrogen) atoms. The van der Waals surface area contributed by atoms with Crippen LogP contribution in [-0.2, 0) is 0 Å². The fraction of sp³-hybridized carbons (Fsp3) is 1.00. The molecule has 0 amide bonds. The molecule has 0 aliphatic carbocycles. The number of nitrogens with zero attached hydrogens (tertiary/aromatic N) is 1. The first-order valence-corrected chi connectivity index (χ1v) is 7.17. The molecule has 0 aromatic carbocycles. The lowest BCUT2D eigenvalue weighted by Crippen LogP contribution is -2.49. The van der Waals surface area contributed by atoms with E-state index in [1.54, 1.807) is 0 Å². The van der Waals surface area contributed by atoms with Gasteiger partial charge in [0, 0.05) is 18.6 Å². The number of hydrogen-bond donors (Lipinski definition) is 2. The van der Waals surface area contributed by atoms with E-state index in [1.165, 1.54) is 25.9 Å². The van der Waals surface area contributed by atoms with Gasteiger partial charge >= 0.3 is 0 Å². The number of hydrogen-bond acceptors (Lipinski definition) is 3.